The summed E-state index contributed by atoms with van der Waals surface area (Å²) in [6.45, 7) is 5.96. The molecule has 22 nitrogen and oxygen atoms in total. The Balaban J connectivity index is 0.000000239. The van der Waals surface area contributed by atoms with Gasteiger partial charge in [0.25, 0.3) is 5.91 Å². The van der Waals surface area contributed by atoms with E-state index >= 15 is 0 Å². The number of aldehydes is 1. The van der Waals surface area contributed by atoms with Crippen molar-refractivity contribution in [2.45, 2.75) is 28.2 Å². The van der Waals surface area contributed by atoms with Gasteiger partial charge in [0.2, 0.25) is 0 Å². The molecule has 41 heteroatoms. The number of nitrogens with zero attached hydrogens (tertiary/aromatic N) is 2. The summed E-state index contributed by atoms with van der Waals surface area (Å²) in [5.74, 6) is -2.94. The molecule has 0 aliphatic heterocycles. The number of esters is 3. The Hall–Kier alpha value is -0.01000. The second-order valence-corrected chi connectivity index (χ2v) is 234. The van der Waals surface area contributed by atoms with Crippen molar-refractivity contribution in [1.82, 2.24) is 19.9 Å². The van der Waals surface area contributed by atoms with Gasteiger partial charge in [-0.15, -0.1) is 34.0 Å². The number of aromatic amines is 2. The van der Waals surface area contributed by atoms with Crippen molar-refractivity contribution in [2.24, 2.45) is 5.73 Å². The zero-order valence-corrected chi connectivity index (χ0v) is 84.7. The zero-order valence-electron chi connectivity index (χ0n) is 52.0. The van der Waals surface area contributed by atoms with E-state index in [1.54, 1.807) is 69.3 Å². The number of nitrogens with two attached hydrogens (primary N) is 3. The molecule has 0 saturated heterocycles. The second-order valence-electron chi connectivity index (χ2n) is 18.7. The van der Waals surface area contributed by atoms with Crippen LogP contribution in [0.5, 0.6) is 17.2 Å². The number of H-pyrrole nitrogens is 2. The first-order chi connectivity index (χ1) is 48.0. The van der Waals surface area contributed by atoms with Crippen LogP contribution in [0.1, 0.15) is 98.6 Å². The molecule has 10 N–H and O–H groups in total. The average molecular weight is 2980 g/mol. The number of ether oxygens (including phenoxy) is 6. The number of nitrogen functional groups attached to an aromatic ring is 2. The van der Waals surface area contributed by atoms with E-state index < -0.39 is 35.8 Å². The van der Waals surface area contributed by atoms with Crippen LogP contribution in [0.3, 0.4) is 0 Å². The normalized spacial score (nSPS) is 11.1. The third-order valence-electron chi connectivity index (χ3n) is 13.0. The van der Waals surface area contributed by atoms with Gasteiger partial charge in [-0.1, -0.05) is 60.4 Å². The molecule has 0 aliphatic rings. The molecule has 102 heavy (non-hydrogen) atoms. The van der Waals surface area contributed by atoms with Gasteiger partial charge in [-0.2, -0.15) is 0 Å². The Bertz CT molecular complexity index is 4670. The molecule has 11 rings (SSSR count). The number of primary amides is 1. The van der Waals surface area contributed by atoms with Gasteiger partial charge in [-0.05, 0) is 93.6 Å². The third kappa shape index (κ3) is 23.5. The average Bonchev–Trinajstić information content (AvgIpc) is 1.60. The number of fused-ring (bicyclic) bond motifs is 5. The number of anilines is 2. The van der Waals surface area contributed by atoms with E-state index in [2.05, 4.69) is 169 Å². The summed E-state index contributed by atoms with van der Waals surface area (Å²) in [5, 5.41) is 21.6. The number of thiophene rings is 3. The molecule has 6 aromatic carbocycles. The minimum atomic E-state index is -1.12. The number of aromatic carboxylic acids is 2. The number of methoxy groups -OCH3 is 3. The van der Waals surface area contributed by atoms with E-state index in [0.29, 0.717) is 121 Å². The third-order valence-corrected chi connectivity index (χ3v) is 430. The quantitative estimate of drug-likeness (QED) is 0.0138. The van der Waals surface area contributed by atoms with Crippen LogP contribution in [0.25, 0.3) is 75.1 Å². The number of amides is 1. The predicted octanol–water partition coefficient (Wildman–Crippen LogP) is 21.7. The van der Waals surface area contributed by atoms with Gasteiger partial charge in [0, 0.05) is 40.8 Å². The number of aromatic nitrogens is 4. The Morgan fingerprint density at radius 2 is 0.912 bits per heavy atom. The topological polar surface area (TPSA) is 351 Å². The molecule has 0 spiro atoms. The molecule has 5 heterocycles. The van der Waals surface area contributed by atoms with Crippen LogP contribution in [-0.4, -0.2) is 113 Å². The van der Waals surface area contributed by atoms with E-state index in [4.69, 9.17) is 85.5 Å². The van der Waals surface area contributed by atoms with E-state index in [9.17, 15) is 38.7 Å². The molecular weight excluding hydrogens is 2920 g/mol. The number of carbonyl (C=O) groups is 7. The molecule has 5 aromatic heterocycles. The Labute approximate surface area is 715 Å². The van der Waals surface area contributed by atoms with Gasteiger partial charge in [0.15, 0.2) is 23.5 Å². The van der Waals surface area contributed by atoms with Crippen LogP contribution in [0, 0.1) is 0 Å². The summed E-state index contributed by atoms with van der Waals surface area (Å²) in [4.78, 5) is 98.5. The monoisotopic (exact) mass is 2970 g/mol. The first-order valence-electron chi connectivity index (χ1n) is 27.5. The van der Waals surface area contributed by atoms with Crippen molar-refractivity contribution in [3.63, 3.8) is 0 Å². The number of imidazole rings is 2. The van der Waals surface area contributed by atoms with Crippen LogP contribution in [0.15, 0.2) is 91.0 Å². The number of nitrogens with one attached hydrogen (secondary N) is 2. The molecule has 0 aliphatic carbocycles. The molecule has 1 amide bonds. The van der Waals surface area contributed by atoms with Gasteiger partial charge >= 0.3 is 224 Å². The fraction of sp³-hybridized carbons (Fsp3) is 0.164. The van der Waals surface area contributed by atoms with Crippen LogP contribution < -0.4 is 44.7 Å². The van der Waals surface area contributed by atoms with Crippen molar-refractivity contribution in [2.75, 3.05) is 52.6 Å². The molecule has 0 saturated carbocycles. The second kappa shape index (κ2) is 44.9. The summed E-state index contributed by atoms with van der Waals surface area (Å²) in [7, 11) is 2.98. The van der Waals surface area contributed by atoms with E-state index in [0.717, 1.165) is 14.1 Å². The number of halogens is 16. The van der Waals surface area contributed by atoms with Crippen LogP contribution in [0.2, 0.25) is 15.1 Å². The molecule has 554 valence electrons. The van der Waals surface area contributed by atoms with Gasteiger partial charge < -0.3 is 65.8 Å². The summed E-state index contributed by atoms with van der Waals surface area (Å²) in [6.07, 6.45) is 0.650. The van der Waals surface area contributed by atoms with Gasteiger partial charge in [-0.3, -0.25) is 9.59 Å². The maximum absolute atomic E-state index is 12.6. The predicted molar refractivity (Wildman–Crippen MR) is 516 cm³/mol. The summed E-state index contributed by atoms with van der Waals surface area (Å²) in [5.41, 5.74) is 20.5. The molecular formula is C61H54Cl3I13N7O15S3-. The van der Waals surface area contributed by atoms with E-state index in [1.807, 2.05) is 24.3 Å². The molecule has 0 bridgehead atoms. The number of benzene rings is 6. The fourth-order valence-corrected chi connectivity index (χ4v) is 433. The first kappa shape index (κ1) is 92.6. The van der Waals surface area contributed by atoms with Crippen molar-refractivity contribution >= 4 is 355 Å². The zero-order chi connectivity index (χ0) is 74.9. The fourth-order valence-electron chi connectivity index (χ4n) is 9.08. The van der Waals surface area contributed by atoms with Gasteiger partial charge in [-0.25, -0.2) is 33.9 Å². The summed E-state index contributed by atoms with van der Waals surface area (Å²) < 4.78 is 33.3. The van der Waals surface area contributed by atoms with Crippen molar-refractivity contribution < 1.29 is 85.5 Å². The molecule has 0 unspecified atom stereocenters. The van der Waals surface area contributed by atoms with Gasteiger partial charge in [0.05, 0.1) is 90.3 Å². The standard InChI is InChI=1S/C20H16ClN3O4S.C20H15ClN2O5S.C12H9ClO3S.C8H10N2O3.CH4.I8.I5/c1-3-28-20(26)17-14(13-10(21)5-4-6-12(13)29-17)19-23-11-8-7-9(18(22)25)16(27-2)15(11)24-19;1-3-28-20(26)17-14(13-10(21)5-4-6-12(13)29-17)18-22-11-8-7-9(19(24)25)16(27-2)15(11)23-18;1-2-16-12(15)11-7(6-14)10-8(13)4-3-5-9(10)17-11;1-13-7-4(8(11)12)2-3-5(9)6(7)10;;1-6(2)8(5)7(3)4;1-4-5(2)3/h4-8H,3H2,1-2H3,(H2,22,25)(H,23,24);4-8H,3H2,1-2H3,(H,22,23)(H,24,25);3-6H,2H2,1H3;2-3H,9-10H2,1H3,(H,11,12);1H4;;/q;;;;;;-1. The number of carboxylic acids is 2. The summed E-state index contributed by atoms with van der Waals surface area (Å²) in [6, 6.07) is 25.3. The van der Waals surface area contributed by atoms with Crippen LogP contribution in [0.4, 0.5) is 11.4 Å². The van der Waals surface area contributed by atoms with Crippen molar-refractivity contribution in [3.05, 3.63) is 143 Å². The first-order valence-corrected chi connectivity index (χ1v) is 100. The van der Waals surface area contributed by atoms with E-state index in [-0.39, 0.29) is 98.5 Å². The number of hydrogen-bond acceptors (Lipinski definition) is 20. The number of carboxylic acid groups (broad SMARTS) is 2. The maximum atomic E-state index is 12.6. The number of carbonyl (C=O) groups excluding carboxylic acids is 5. The SMILES string of the molecule is C.CCOC(=O)c1sc2cccc(Cl)c2c1-c1nc2c(OC)c(C(=O)O)ccc2[nH]1.CCOC(=O)c1sc2cccc(Cl)c2c1-c1nc2c(OC)c(C(N)=O)ccc2[nH]1.CCOC(=O)c1sc2cccc(Cl)c2c1C=O.COc1c(C(=O)O)ccc(N)c1N.II(I)I(I)I(I)I.I[I-]I(I)I. The Morgan fingerprint density at radius 1 is 0.559 bits per heavy atom. The minimum absolute atomic E-state index is 0. The molecule has 11 aromatic rings. The Kier molecular flexibility index (Phi) is 40.7. The van der Waals surface area contributed by atoms with Crippen LogP contribution in [-0.2, 0) is 14.2 Å². The molecule has 0 radical (unpaired) electrons. The van der Waals surface area contributed by atoms with Crippen LogP contribution >= 0.6 is 249 Å². The Morgan fingerprint density at radius 3 is 1.26 bits per heavy atom. The van der Waals surface area contributed by atoms with Crippen molar-refractivity contribution in [1.29, 1.82) is 0 Å². The number of hydrogen-bond donors (Lipinski definition) is 7. The van der Waals surface area contributed by atoms with E-state index in [1.165, 1.54) is 73.5 Å². The van der Waals surface area contributed by atoms with Gasteiger partial charge in [0.1, 0.15) is 48.4 Å². The molecule has 0 fully saturated rings. The number of rotatable bonds is 18. The molecule has 0 atom stereocenters. The van der Waals surface area contributed by atoms with Crippen molar-refractivity contribution in [3.8, 4) is 40.0 Å². The summed E-state index contributed by atoms with van der Waals surface area (Å²) >= 11 is 44.7.